The van der Waals surface area contributed by atoms with E-state index < -0.39 is 11.4 Å². The van der Waals surface area contributed by atoms with Gasteiger partial charge in [0.2, 0.25) is 5.91 Å². The maximum absolute atomic E-state index is 11.1. The second-order valence-corrected chi connectivity index (χ2v) is 5.93. The van der Waals surface area contributed by atoms with Crippen molar-refractivity contribution in [2.24, 2.45) is 17.4 Å². The quantitative estimate of drug-likeness (QED) is 0.549. The Bertz CT molecular complexity index is 255. The Hall–Kier alpha value is -0.650. The van der Waals surface area contributed by atoms with Gasteiger partial charge in [-0.25, -0.2) is 0 Å². The lowest BCUT2D eigenvalue weighted by atomic mass is 9.95. The number of ether oxygens (including phenoxy) is 1. The first kappa shape index (κ1) is 18.4. The highest BCUT2D eigenvalue weighted by Gasteiger charge is 2.24. The Morgan fingerprint density at radius 2 is 1.95 bits per heavy atom. The Morgan fingerprint density at radius 3 is 2.42 bits per heavy atom. The van der Waals surface area contributed by atoms with Crippen molar-refractivity contribution in [1.82, 2.24) is 4.90 Å². The third-order valence-corrected chi connectivity index (χ3v) is 3.22. The number of nitrogens with two attached hydrogens (primary N) is 2. The van der Waals surface area contributed by atoms with Gasteiger partial charge in [0.15, 0.2) is 0 Å². The van der Waals surface area contributed by atoms with Crippen LogP contribution >= 0.6 is 0 Å². The number of hydrogen-bond acceptors (Lipinski definition) is 4. The zero-order valence-corrected chi connectivity index (χ0v) is 12.9. The van der Waals surface area contributed by atoms with Crippen molar-refractivity contribution in [2.75, 3.05) is 33.4 Å². The summed E-state index contributed by atoms with van der Waals surface area (Å²) in [5.74, 6) is 0.216. The van der Waals surface area contributed by atoms with Gasteiger partial charge in [-0.1, -0.05) is 13.8 Å². The fraction of sp³-hybridized carbons (Fsp3) is 0.929. The zero-order valence-electron chi connectivity index (χ0n) is 12.9. The summed E-state index contributed by atoms with van der Waals surface area (Å²) in [6, 6.07) is 0. The molecule has 0 rings (SSSR count). The molecule has 1 atom stereocenters. The number of rotatable bonds is 11. The molecule has 1 unspecified atom stereocenters. The minimum absolute atomic E-state index is 0.425. The summed E-state index contributed by atoms with van der Waals surface area (Å²) in [6.45, 7) is 9.91. The Morgan fingerprint density at radius 1 is 1.32 bits per heavy atom. The van der Waals surface area contributed by atoms with E-state index >= 15 is 0 Å². The smallest absolute Gasteiger partial charge is 0.237 e. The predicted octanol–water partition coefficient (Wildman–Crippen LogP) is 0.964. The molecule has 0 aliphatic rings. The number of amides is 1. The van der Waals surface area contributed by atoms with Gasteiger partial charge in [0.1, 0.15) is 0 Å². The van der Waals surface area contributed by atoms with Gasteiger partial charge in [0.25, 0.3) is 0 Å². The minimum Gasteiger partial charge on any atom is -0.383 e. The number of unbranched alkanes of at least 4 members (excludes halogenated alkanes) is 1. The molecule has 114 valence electrons. The van der Waals surface area contributed by atoms with Gasteiger partial charge in [0.05, 0.1) is 12.1 Å². The monoisotopic (exact) mass is 273 g/mol. The van der Waals surface area contributed by atoms with Crippen molar-refractivity contribution in [3.05, 3.63) is 0 Å². The molecule has 1 amide bonds. The lowest BCUT2D eigenvalue weighted by Crippen LogP contribution is -2.49. The lowest BCUT2D eigenvalue weighted by molar-refractivity contribution is -0.122. The molecule has 0 saturated carbocycles. The SMILES string of the molecule is COCCN(CCCCC(C)(N)C(N)=O)CC(C)C. The highest BCUT2D eigenvalue weighted by Crippen LogP contribution is 2.11. The summed E-state index contributed by atoms with van der Waals surface area (Å²) in [5, 5.41) is 0. The van der Waals surface area contributed by atoms with E-state index in [9.17, 15) is 4.79 Å². The summed E-state index contributed by atoms with van der Waals surface area (Å²) in [5.41, 5.74) is 10.2. The maximum atomic E-state index is 11.1. The number of carbonyl (C=O) groups is 1. The van der Waals surface area contributed by atoms with Crippen LogP contribution in [0.4, 0.5) is 0 Å². The highest BCUT2D eigenvalue weighted by molar-refractivity contribution is 5.83. The van der Waals surface area contributed by atoms with E-state index in [4.69, 9.17) is 16.2 Å². The third kappa shape index (κ3) is 8.97. The second-order valence-electron chi connectivity index (χ2n) is 5.93. The largest absolute Gasteiger partial charge is 0.383 e. The summed E-state index contributed by atoms with van der Waals surface area (Å²) >= 11 is 0. The fourth-order valence-corrected chi connectivity index (χ4v) is 1.98. The van der Waals surface area contributed by atoms with Crippen molar-refractivity contribution in [1.29, 1.82) is 0 Å². The first-order valence-corrected chi connectivity index (χ1v) is 7.09. The standard InChI is InChI=1S/C14H31N3O2/c1-12(2)11-17(9-10-19-4)8-6-5-7-14(3,16)13(15)18/h12H,5-11,16H2,1-4H3,(H2,15,18). The number of methoxy groups -OCH3 is 1. The Kier molecular flexibility index (Phi) is 8.97. The van der Waals surface area contributed by atoms with Crippen LogP contribution < -0.4 is 11.5 Å². The molecule has 0 aromatic heterocycles. The van der Waals surface area contributed by atoms with E-state index in [0.717, 1.165) is 39.1 Å². The van der Waals surface area contributed by atoms with Crippen LogP contribution in [0.1, 0.15) is 40.0 Å². The maximum Gasteiger partial charge on any atom is 0.237 e. The summed E-state index contributed by atoms with van der Waals surface area (Å²) in [4.78, 5) is 13.5. The first-order valence-electron chi connectivity index (χ1n) is 7.09. The van der Waals surface area contributed by atoms with Gasteiger partial charge >= 0.3 is 0 Å². The van der Waals surface area contributed by atoms with E-state index in [1.165, 1.54) is 0 Å². The summed E-state index contributed by atoms with van der Waals surface area (Å²) < 4.78 is 5.12. The van der Waals surface area contributed by atoms with Gasteiger partial charge in [-0.3, -0.25) is 4.79 Å². The van der Waals surface area contributed by atoms with E-state index in [-0.39, 0.29) is 0 Å². The number of carbonyl (C=O) groups excluding carboxylic acids is 1. The molecule has 0 bridgehead atoms. The van der Waals surface area contributed by atoms with E-state index in [0.29, 0.717) is 12.3 Å². The lowest BCUT2D eigenvalue weighted by Gasteiger charge is -2.25. The van der Waals surface area contributed by atoms with E-state index in [1.807, 2.05) is 0 Å². The molecule has 0 aromatic carbocycles. The van der Waals surface area contributed by atoms with Crippen molar-refractivity contribution < 1.29 is 9.53 Å². The van der Waals surface area contributed by atoms with Crippen molar-refractivity contribution in [3.63, 3.8) is 0 Å². The number of hydrogen-bond donors (Lipinski definition) is 2. The highest BCUT2D eigenvalue weighted by atomic mass is 16.5. The molecule has 0 fully saturated rings. The topological polar surface area (TPSA) is 81.6 Å². The van der Waals surface area contributed by atoms with Crippen molar-refractivity contribution in [2.45, 2.75) is 45.6 Å². The van der Waals surface area contributed by atoms with Crippen LogP contribution in [0.3, 0.4) is 0 Å². The molecular weight excluding hydrogens is 242 g/mol. The number of primary amides is 1. The van der Waals surface area contributed by atoms with Gasteiger partial charge < -0.3 is 21.1 Å². The zero-order chi connectivity index (χ0) is 14.9. The van der Waals surface area contributed by atoms with Crippen LogP contribution in [0.25, 0.3) is 0 Å². The predicted molar refractivity (Wildman–Crippen MR) is 78.8 cm³/mol. The average Bonchev–Trinajstić information content (AvgIpc) is 2.30. The van der Waals surface area contributed by atoms with Crippen LogP contribution in [0.5, 0.6) is 0 Å². The van der Waals surface area contributed by atoms with Crippen LogP contribution in [-0.4, -0.2) is 49.7 Å². The van der Waals surface area contributed by atoms with Crippen LogP contribution in [0, 0.1) is 5.92 Å². The molecule has 0 aliphatic heterocycles. The van der Waals surface area contributed by atoms with Gasteiger partial charge in [-0.15, -0.1) is 0 Å². The normalized spacial score (nSPS) is 14.9. The molecular formula is C14H31N3O2. The van der Waals surface area contributed by atoms with Gasteiger partial charge in [0, 0.05) is 20.2 Å². The Balaban J connectivity index is 3.94. The van der Waals surface area contributed by atoms with Crippen LogP contribution in [0.15, 0.2) is 0 Å². The molecule has 4 N–H and O–H groups in total. The molecule has 0 aliphatic carbocycles. The Labute approximate surface area is 117 Å². The third-order valence-electron chi connectivity index (χ3n) is 3.22. The summed E-state index contributed by atoms with van der Waals surface area (Å²) in [6.07, 6.45) is 2.58. The van der Waals surface area contributed by atoms with Crippen molar-refractivity contribution in [3.8, 4) is 0 Å². The van der Waals surface area contributed by atoms with E-state index in [2.05, 4.69) is 18.7 Å². The number of nitrogens with zero attached hydrogens (tertiary/aromatic N) is 1. The molecule has 0 radical (unpaired) electrons. The van der Waals surface area contributed by atoms with Crippen LogP contribution in [0.2, 0.25) is 0 Å². The molecule has 19 heavy (non-hydrogen) atoms. The molecule has 0 aromatic rings. The second kappa shape index (κ2) is 9.28. The first-order chi connectivity index (χ1) is 8.79. The van der Waals surface area contributed by atoms with Crippen molar-refractivity contribution >= 4 is 5.91 Å². The molecule has 5 heteroatoms. The molecule has 0 spiro atoms. The summed E-state index contributed by atoms with van der Waals surface area (Å²) in [7, 11) is 1.72. The van der Waals surface area contributed by atoms with Gasteiger partial charge in [-0.05, 0) is 38.6 Å². The fourth-order valence-electron chi connectivity index (χ4n) is 1.98. The minimum atomic E-state index is -0.880. The van der Waals surface area contributed by atoms with E-state index in [1.54, 1.807) is 14.0 Å². The molecule has 0 saturated heterocycles. The van der Waals surface area contributed by atoms with Gasteiger partial charge in [-0.2, -0.15) is 0 Å². The van der Waals surface area contributed by atoms with Crippen LogP contribution in [-0.2, 0) is 9.53 Å². The molecule has 5 nitrogen and oxygen atoms in total. The molecule has 0 heterocycles. The average molecular weight is 273 g/mol.